The van der Waals surface area contributed by atoms with Crippen molar-refractivity contribution in [3.63, 3.8) is 0 Å². The van der Waals surface area contributed by atoms with E-state index in [1.165, 1.54) is 13.0 Å². The molecule has 2 N–H and O–H groups in total. The first kappa shape index (κ1) is 15.4. The van der Waals surface area contributed by atoms with Crippen molar-refractivity contribution in [3.05, 3.63) is 29.3 Å². The Kier molecular flexibility index (Phi) is 4.83. The first-order valence-corrected chi connectivity index (χ1v) is 7.29. The van der Waals surface area contributed by atoms with Gasteiger partial charge in [0.15, 0.2) is 6.10 Å². The summed E-state index contributed by atoms with van der Waals surface area (Å²) in [5.41, 5.74) is 0.669. The van der Waals surface area contributed by atoms with Gasteiger partial charge in [-0.05, 0) is 38.3 Å². The lowest BCUT2D eigenvalue weighted by molar-refractivity contribution is -0.129. The van der Waals surface area contributed by atoms with Crippen molar-refractivity contribution in [2.45, 2.75) is 51.7 Å². The minimum absolute atomic E-state index is 0.0792. The Morgan fingerprint density at radius 1 is 1.33 bits per heavy atom. The van der Waals surface area contributed by atoms with Crippen LogP contribution in [0.25, 0.3) is 0 Å². The highest BCUT2D eigenvalue weighted by atomic mass is 16.5. The number of ether oxygens (including phenoxy) is 1. The van der Waals surface area contributed by atoms with E-state index in [-0.39, 0.29) is 23.3 Å². The zero-order valence-electron chi connectivity index (χ0n) is 12.4. The van der Waals surface area contributed by atoms with Crippen molar-refractivity contribution in [1.29, 1.82) is 0 Å². The second kappa shape index (κ2) is 6.61. The number of carbonyl (C=O) groups excluding carboxylic acids is 2. The fourth-order valence-electron chi connectivity index (χ4n) is 2.49. The lowest BCUT2D eigenvalue weighted by Crippen LogP contribution is -2.40. The monoisotopic (exact) mass is 291 g/mol. The van der Waals surface area contributed by atoms with Crippen LogP contribution in [0.4, 0.5) is 0 Å². The first-order chi connectivity index (χ1) is 9.99. The number of para-hydroxylation sites is 1. The molecule has 0 unspecified atom stereocenters. The van der Waals surface area contributed by atoms with Crippen molar-refractivity contribution in [3.8, 4) is 5.75 Å². The SMILES string of the molecule is Cc1cccc(C(=O)O[C@@H](C)C(=O)NC2CCCC2)c1O. The molecule has 0 aliphatic heterocycles. The third kappa shape index (κ3) is 3.74. The van der Waals surface area contributed by atoms with Gasteiger partial charge in [0.25, 0.3) is 5.91 Å². The van der Waals surface area contributed by atoms with Crippen molar-refractivity contribution < 1.29 is 19.4 Å². The normalized spacial score (nSPS) is 16.5. The average Bonchev–Trinajstić information content (AvgIpc) is 2.94. The number of aryl methyl sites for hydroxylation is 1. The molecule has 1 aromatic rings. The molecule has 1 fully saturated rings. The number of nitrogens with one attached hydrogen (secondary N) is 1. The summed E-state index contributed by atoms with van der Waals surface area (Å²) in [6.07, 6.45) is 3.32. The fraction of sp³-hybridized carbons (Fsp3) is 0.500. The van der Waals surface area contributed by atoms with Gasteiger partial charge in [-0.3, -0.25) is 4.79 Å². The van der Waals surface area contributed by atoms with Crippen LogP contribution >= 0.6 is 0 Å². The van der Waals surface area contributed by atoms with Gasteiger partial charge in [-0.2, -0.15) is 0 Å². The number of hydrogen-bond donors (Lipinski definition) is 2. The predicted molar refractivity (Wildman–Crippen MR) is 78.1 cm³/mol. The Bertz CT molecular complexity index is 535. The van der Waals surface area contributed by atoms with Crippen LogP contribution in [0.1, 0.15) is 48.5 Å². The van der Waals surface area contributed by atoms with Crippen LogP contribution in [0.15, 0.2) is 18.2 Å². The number of phenolic OH excluding ortho intramolecular Hbond substituents is 1. The topological polar surface area (TPSA) is 75.6 Å². The molecule has 1 amide bonds. The van der Waals surface area contributed by atoms with Crippen LogP contribution in [0.5, 0.6) is 5.75 Å². The summed E-state index contributed by atoms with van der Waals surface area (Å²) >= 11 is 0. The fourth-order valence-corrected chi connectivity index (χ4v) is 2.49. The van der Waals surface area contributed by atoms with E-state index in [4.69, 9.17) is 4.74 Å². The molecule has 0 aromatic heterocycles. The molecule has 0 radical (unpaired) electrons. The Morgan fingerprint density at radius 3 is 2.67 bits per heavy atom. The molecule has 5 heteroatoms. The summed E-state index contributed by atoms with van der Waals surface area (Å²) in [7, 11) is 0. The van der Waals surface area contributed by atoms with Crippen molar-refractivity contribution in [2.75, 3.05) is 0 Å². The summed E-state index contributed by atoms with van der Waals surface area (Å²) in [5, 5.41) is 12.7. The number of amides is 1. The third-order valence-corrected chi connectivity index (χ3v) is 3.81. The van der Waals surface area contributed by atoms with Gasteiger partial charge in [0.05, 0.1) is 0 Å². The second-order valence-electron chi connectivity index (χ2n) is 5.51. The van der Waals surface area contributed by atoms with Crippen LogP contribution in [0.2, 0.25) is 0 Å². The van der Waals surface area contributed by atoms with Gasteiger partial charge in [-0.1, -0.05) is 25.0 Å². The van der Waals surface area contributed by atoms with Crippen LogP contribution in [0, 0.1) is 6.92 Å². The number of hydrogen-bond acceptors (Lipinski definition) is 4. The van der Waals surface area contributed by atoms with Crippen LogP contribution in [-0.4, -0.2) is 29.1 Å². The molecular weight excluding hydrogens is 270 g/mol. The smallest absolute Gasteiger partial charge is 0.342 e. The Morgan fingerprint density at radius 2 is 2.00 bits per heavy atom. The number of benzene rings is 1. The summed E-state index contributed by atoms with van der Waals surface area (Å²) in [5.74, 6) is -1.08. The van der Waals surface area contributed by atoms with Gasteiger partial charge in [0.2, 0.25) is 0 Å². The van der Waals surface area contributed by atoms with Crippen molar-refractivity contribution >= 4 is 11.9 Å². The maximum absolute atomic E-state index is 12.0. The molecule has 0 heterocycles. The van der Waals surface area contributed by atoms with E-state index in [2.05, 4.69) is 5.32 Å². The number of aromatic hydroxyl groups is 1. The molecule has 0 spiro atoms. The minimum Gasteiger partial charge on any atom is -0.507 e. The molecule has 21 heavy (non-hydrogen) atoms. The third-order valence-electron chi connectivity index (χ3n) is 3.81. The molecular formula is C16H21NO4. The number of phenols is 1. The highest BCUT2D eigenvalue weighted by Crippen LogP contribution is 2.22. The zero-order chi connectivity index (χ0) is 15.4. The maximum atomic E-state index is 12.0. The maximum Gasteiger partial charge on any atom is 0.342 e. The molecule has 1 atom stereocenters. The van der Waals surface area contributed by atoms with Crippen LogP contribution in [-0.2, 0) is 9.53 Å². The van der Waals surface area contributed by atoms with E-state index in [1.54, 1.807) is 19.1 Å². The average molecular weight is 291 g/mol. The molecule has 1 saturated carbocycles. The second-order valence-corrected chi connectivity index (χ2v) is 5.51. The standard InChI is InChI=1S/C16H21NO4/c1-10-6-5-9-13(14(10)18)16(20)21-11(2)15(19)17-12-7-3-4-8-12/h5-6,9,11-12,18H,3-4,7-8H2,1-2H3,(H,17,19)/t11-/m0/s1. The molecule has 1 aliphatic rings. The molecule has 1 aromatic carbocycles. The number of carbonyl (C=O) groups is 2. The highest BCUT2D eigenvalue weighted by Gasteiger charge is 2.24. The highest BCUT2D eigenvalue weighted by molar-refractivity contribution is 5.94. The lowest BCUT2D eigenvalue weighted by Gasteiger charge is -2.17. The summed E-state index contributed by atoms with van der Waals surface area (Å²) in [4.78, 5) is 24.0. The predicted octanol–water partition coefficient (Wildman–Crippen LogP) is 2.30. The summed E-state index contributed by atoms with van der Waals surface area (Å²) in [6.45, 7) is 3.23. The van der Waals surface area contributed by atoms with Gasteiger partial charge in [-0.15, -0.1) is 0 Å². The Balaban J connectivity index is 1.95. The molecule has 2 rings (SSSR count). The number of esters is 1. The van der Waals surface area contributed by atoms with Crippen LogP contribution in [0.3, 0.4) is 0 Å². The van der Waals surface area contributed by atoms with E-state index in [1.807, 2.05) is 0 Å². The quantitative estimate of drug-likeness (QED) is 0.835. The van der Waals surface area contributed by atoms with E-state index >= 15 is 0 Å². The van der Waals surface area contributed by atoms with Gasteiger partial charge in [0, 0.05) is 6.04 Å². The Hall–Kier alpha value is -2.04. The van der Waals surface area contributed by atoms with E-state index in [0.29, 0.717) is 5.56 Å². The van der Waals surface area contributed by atoms with E-state index < -0.39 is 12.1 Å². The Labute approximate surface area is 124 Å². The zero-order valence-corrected chi connectivity index (χ0v) is 12.4. The lowest BCUT2D eigenvalue weighted by atomic mass is 10.1. The molecule has 0 saturated heterocycles. The van der Waals surface area contributed by atoms with Crippen LogP contribution < -0.4 is 5.32 Å². The summed E-state index contributed by atoms with van der Waals surface area (Å²) < 4.78 is 5.13. The van der Waals surface area contributed by atoms with E-state index in [0.717, 1.165) is 25.7 Å². The molecule has 0 bridgehead atoms. The minimum atomic E-state index is -0.877. The van der Waals surface area contributed by atoms with Gasteiger partial charge >= 0.3 is 5.97 Å². The van der Waals surface area contributed by atoms with Crippen molar-refractivity contribution in [2.24, 2.45) is 0 Å². The molecule has 1 aliphatic carbocycles. The summed E-state index contributed by atoms with van der Waals surface area (Å²) in [6, 6.07) is 5.02. The van der Waals surface area contributed by atoms with Crippen molar-refractivity contribution in [1.82, 2.24) is 5.32 Å². The first-order valence-electron chi connectivity index (χ1n) is 7.29. The number of rotatable bonds is 4. The van der Waals surface area contributed by atoms with Gasteiger partial charge in [-0.25, -0.2) is 4.79 Å². The van der Waals surface area contributed by atoms with Gasteiger partial charge in [0.1, 0.15) is 11.3 Å². The van der Waals surface area contributed by atoms with Gasteiger partial charge < -0.3 is 15.2 Å². The molecule has 5 nitrogen and oxygen atoms in total. The van der Waals surface area contributed by atoms with E-state index in [9.17, 15) is 14.7 Å². The largest absolute Gasteiger partial charge is 0.507 e. The molecule has 114 valence electrons.